The van der Waals surface area contributed by atoms with Gasteiger partial charge in [0.05, 0.1) is 7.11 Å². The van der Waals surface area contributed by atoms with Crippen LogP contribution in [0.2, 0.25) is 0 Å². The number of benzene rings is 1. The van der Waals surface area contributed by atoms with Gasteiger partial charge in [-0.25, -0.2) is 0 Å². The third-order valence-electron chi connectivity index (χ3n) is 2.75. The number of nitrogens with zero attached hydrogens (tertiary/aromatic N) is 1. The lowest BCUT2D eigenvalue weighted by Crippen LogP contribution is -2.24. The van der Waals surface area contributed by atoms with E-state index in [0.717, 1.165) is 0 Å². The third-order valence-corrected chi connectivity index (χ3v) is 2.75. The first-order chi connectivity index (χ1) is 9.55. The maximum atomic E-state index is 12.3. The van der Waals surface area contributed by atoms with E-state index in [2.05, 4.69) is 20.4 Å². The van der Waals surface area contributed by atoms with E-state index in [-0.39, 0.29) is 17.4 Å². The van der Waals surface area contributed by atoms with Gasteiger partial charge in [0.2, 0.25) is 0 Å². The molecule has 1 aromatic rings. The number of amides is 1. The number of carbonyl (C=O) groups excluding carboxylic acids is 1. The smallest absolute Gasteiger partial charge is 0.387 e. The van der Waals surface area contributed by atoms with Crippen LogP contribution in [0.4, 0.5) is 8.78 Å². The monoisotopic (exact) mass is 285 g/mol. The van der Waals surface area contributed by atoms with E-state index < -0.39 is 12.7 Å². The first kappa shape index (κ1) is 14.0. The normalized spacial score (nSPS) is 19.9. The predicted octanol–water partition coefficient (Wildman–Crippen LogP) is 1.04. The SMILES string of the molecule is CN=C1NC(=O)C(c2ccc(OC)c(OC(F)F)c2)N1. The first-order valence-corrected chi connectivity index (χ1v) is 5.72. The summed E-state index contributed by atoms with van der Waals surface area (Å²) in [6, 6.07) is 3.68. The van der Waals surface area contributed by atoms with Crippen LogP contribution in [0.25, 0.3) is 0 Å². The number of nitrogens with one attached hydrogen (secondary N) is 2. The number of aliphatic imine (C=N–C) groups is 1. The average Bonchev–Trinajstić information content (AvgIpc) is 2.79. The largest absolute Gasteiger partial charge is 0.493 e. The Morgan fingerprint density at radius 1 is 1.35 bits per heavy atom. The van der Waals surface area contributed by atoms with Gasteiger partial charge in [-0.2, -0.15) is 8.78 Å². The summed E-state index contributed by atoms with van der Waals surface area (Å²) in [6.45, 7) is -2.97. The molecule has 1 aliphatic rings. The van der Waals surface area contributed by atoms with Gasteiger partial charge in [-0.1, -0.05) is 6.07 Å². The highest BCUT2D eigenvalue weighted by Gasteiger charge is 2.30. The Bertz CT molecular complexity index is 549. The molecule has 108 valence electrons. The van der Waals surface area contributed by atoms with Crippen LogP contribution in [0.1, 0.15) is 11.6 Å². The van der Waals surface area contributed by atoms with Crippen LogP contribution >= 0.6 is 0 Å². The van der Waals surface area contributed by atoms with Crippen molar-refractivity contribution in [2.75, 3.05) is 14.2 Å². The van der Waals surface area contributed by atoms with Gasteiger partial charge in [0.1, 0.15) is 6.04 Å². The summed E-state index contributed by atoms with van der Waals surface area (Å²) in [7, 11) is 2.86. The van der Waals surface area contributed by atoms with Crippen molar-refractivity contribution in [3.63, 3.8) is 0 Å². The van der Waals surface area contributed by atoms with E-state index >= 15 is 0 Å². The highest BCUT2D eigenvalue weighted by atomic mass is 19.3. The summed E-state index contributed by atoms with van der Waals surface area (Å²) >= 11 is 0. The van der Waals surface area contributed by atoms with Crippen molar-refractivity contribution in [3.8, 4) is 11.5 Å². The molecule has 2 N–H and O–H groups in total. The number of methoxy groups -OCH3 is 1. The Morgan fingerprint density at radius 3 is 2.65 bits per heavy atom. The lowest BCUT2D eigenvalue weighted by molar-refractivity contribution is -0.120. The molecule has 1 amide bonds. The van der Waals surface area contributed by atoms with Gasteiger partial charge >= 0.3 is 6.61 Å². The third kappa shape index (κ3) is 2.79. The van der Waals surface area contributed by atoms with Gasteiger partial charge in [0.25, 0.3) is 5.91 Å². The second-order valence-corrected chi connectivity index (χ2v) is 3.93. The lowest BCUT2D eigenvalue weighted by atomic mass is 10.1. The number of guanidine groups is 1. The minimum atomic E-state index is -2.97. The van der Waals surface area contributed by atoms with Crippen LogP contribution in [0.15, 0.2) is 23.2 Å². The van der Waals surface area contributed by atoms with E-state index in [4.69, 9.17) is 4.74 Å². The molecule has 1 heterocycles. The van der Waals surface area contributed by atoms with Crippen LogP contribution in [-0.2, 0) is 4.79 Å². The zero-order chi connectivity index (χ0) is 14.7. The fourth-order valence-electron chi connectivity index (χ4n) is 1.84. The molecule has 8 heteroatoms. The van der Waals surface area contributed by atoms with E-state index in [0.29, 0.717) is 11.5 Å². The quantitative estimate of drug-likeness (QED) is 0.867. The molecule has 1 fully saturated rings. The number of alkyl halides is 2. The number of carbonyl (C=O) groups is 1. The Balaban J connectivity index is 2.31. The van der Waals surface area contributed by atoms with E-state index in [1.807, 2.05) is 0 Å². The second-order valence-electron chi connectivity index (χ2n) is 3.93. The van der Waals surface area contributed by atoms with Crippen molar-refractivity contribution in [3.05, 3.63) is 23.8 Å². The molecule has 1 aromatic carbocycles. The molecular formula is C12H13F2N3O3. The number of rotatable bonds is 4. The lowest BCUT2D eigenvalue weighted by Gasteiger charge is -2.13. The minimum Gasteiger partial charge on any atom is -0.493 e. The molecule has 0 spiro atoms. The van der Waals surface area contributed by atoms with Crippen LogP contribution < -0.4 is 20.1 Å². The summed E-state index contributed by atoms with van der Waals surface area (Å²) in [5, 5.41) is 5.35. The molecule has 1 atom stereocenters. The molecule has 0 bridgehead atoms. The molecule has 20 heavy (non-hydrogen) atoms. The van der Waals surface area contributed by atoms with Crippen molar-refractivity contribution >= 4 is 11.9 Å². The molecule has 0 saturated carbocycles. The molecule has 1 unspecified atom stereocenters. The zero-order valence-corrected chi connectivity index (χ0v) is 10.8. The van der Waals surface area contributed by atoms with Gasteiger partial charge in [-0.3, -0.25) is 15.1 Å². The predicted molar refractivity (Wildman–Crippen MR) is 67.0 cm³/mol. The Kier molecular flexibility index (Phi) is 4.02. The van der Waals surface area contributed by atoms with Gasteiger partial charge in [-0.05, 0) is 17.7 Å². The molecule has 2 rings (SSSR count). The van der Waals surface area contributed by atoms with Crippen molar-refractivity contribution in [2.45, 2.75) is 12.7 Å². The molecule has 0 aliphatic carbocycles. The molecule has 6 nitrogen and oxygen atoms in total. The fourth-order valence-corrected chi connectivity index (χ4v) is 1.84. The first-order valence-electron chi connectivity index (χ1n) is 5.72. The van der Waals surface area contributed by atoms with Crippen molar-refractivity contribution in [1.29, 1.82) is 0 Å². The molecule has 0 aromatic heterocycles. The van der Waals surface area contributed by atoms with E-state index in [1.54, 1.807) is 6.07 Å². The summed E-state index contributed by atoms with van der Waals surface area (Å²) < 4.78 is 34.0. The van der Waals surface area contributed by atoms with E-state index in [1.165, 1.54) is 26.3 Å². The number of ether oxygens (including phenoxy) is 2. The van der Waals surface area contributed by atoms with Crippen LogP contribution in [0.3, 0.4) is 0 Å². The number of hydrogen-bond donors (Lipinski definition) is 2. The fraction of sp³-hybridized carbons (Fsp3) is 0.333. The number of halogens is 2. The minimum absolute atomic E-state index is 0.128. The maximum absolute atomic E-state index is 12.3. The molecule has 1 saturated heterocycles. The van der Waals surface area contributed by atoms with Gasteiger partial charge in [-0.15, -0.1) is 0 Å². The summed E-state index contributed by atoms with van der Waals surface area (Å²) in [4.78, 5) is 15.6. The Hall–Kier alpha value is -2.38. The van der Waals surface area contributed by atoms with Gasteiger partial charge in [0, 0.05) is 7.05 Å². The Labute approximate surface area is 113 Å². The molecule has 1 aliphatic heterocycles. The van der Waals surface area contributed by atoms with Gasteiger partial charge < -0.3 is 14.8 Å². The topological polar surface area (TPSA) is 72.0 Å². The van der Waals surface area contributed by atoms with Crippen molar-refractivity contribution < 1.29 is 23.0 Å². The van der Waals surface area contributed by atoms with Crippen molar-refractivity contribution in [1.82, 2.24) is 10.6 Å². The Morgan fingerprint density at radius 2 is 2.10 bits per heavy atom. The van der Waals surface area contributed by atoms with E-state index in [9.17, 15) is 13.6 Å². The van der Waals surface area contributed by atoms with Crippen LogP contribution in [0.5, 0.6) is 11.5 Å². The molecular weight excluding hydrogens is 272 g/mol. The second kappa shape index (κ2) is 5.72. The van der Waals surface area contributed by atoms with Gasteiger partial charge in [0.15, 0.2) is 17.5 Å². The van der Waals surface area contributed by atoms with Crippen LogP contribution in [0, 0.1) is 0 Å². The summed E-state index contributed by atoms with van der Waals surface area (Å²) in [5.74, 6) is 0.0410. The van der Waals surface area contributed by atoms with Crippen LogP contribution in [-0.4, -0.2) is 32.6 Å². The zero-order valence-electron chi connectivity index (χ0n) is 10.8. The number of hydrogen-bond acceptors (Lipinski definition) is 4. The molecule has 0 radical (unpaired) electrons. The highest BCUT2D eigenvalue weighted by molar-refractivity contribution is 6.06. The summed E-state index contributed by atoms with van der Waals surface area (Å²) in [5.41, 5.74) is 0.470. The highest BCUT2D eigenvalue weighted by Crippen LogP contribution is 2.32. The average molecular weight is 285 g/mol. The van der Waals surface area contributed by atoms with Crippen molar-refractivity contribution in [2.24, 2.45) is 4.99 Å². The maximum Gasteiger partial charge on any atom is 0.387 e. The summed E-state index contributed by atoms with van der Waals surface area (Å²) in [6.07, 6.45) is 0. The standard InChI is InChI=1S/C12H13F2N3O3/c1-15-12-16-9(10(18)17-12)6-3-4-7(19-2)8(5-6)20-11(13)14/h3-5,9,11H,1-2H3,(H2,15,16,17,18).